The minimum absolute atomic E-state index is 0. The highest BCUT2D eigenvalue weighted by molar-refractivity contribution is 14.0. The lowest BCUT2D eigenvalue weighted by molar-refractivity contribution is 0.444. The van der Waals surface area contributed by atoms with Crippen molar-refractivity contribution in [1.82, 2.24) is 19.9 Å². The van der Waals surface area contributed by atoms with Gasteiger partial charge in [0.05, 0.1) is 12.3 Å². The van der Waals surface area contributed by atoms with E-state index in [1.165, 1.54) is 16.5 Å². The van der Waals surface area contributed by atoms with Gasteiger partial charge in [-0.15, -0.1) is 24.0 Å². The molecule has 2 aromatic rings. The van der Waals surface area contributed by atoms with Crippen LogP contribution in [0.4, 0.5) is 0 Å². The Morgan fingerprint density at radius 2 is 2.03 bits per heavy atom. The highest BCUT2D eigenvalue weighted by Gasteiger charge is 2.23. The highest BCUT2D eigenvalue weighted by Crippen LogP contribution is 2.19. The van der Waals surface area contributed by atoms with Crippen LogP contribution in [0.2, 0.25) is 0 Å². The van der Waals surface area contributed by atoms with Crippen molar-refractivity contribution >= 4 is 62.6 Å². The van der Waals surface area contributed by atoms with E-state index in [0.29, 0.717) is 19.0 Å². The number of hydrogen-bond acceptors (Lipinski definition) is 4. The number of aromatic nitrogens is 1. The van der Waals surface area contributed by atoms with Crippen molar-refractivity contribution in [2.45, 2.75) is 20.3 Å². The van der Waals surface area contributed by atoms with Gasteiger partial charge in [0.1, 0.15) is 0 Å². The number of thioether (sulfide) groups is 1. The molecule has 0 aliphatic carbocycles. The van der Waals surface area contributed by atoms with Crippen molar-refractivity contribution in [1.29, 1.82) is 0 Å². The van der Waals surface area contributed by atoms with E-state index in [2.05, 4.69) is 51.9 Å². The van der Waals surface area contributed by atoms with Crippen molar-refractivity contribution in [3.8, 4) is 0 Å². The number of halogens is 1. The largest absolute Gasteiger partial charge is 0.361 e. The Balaban J connectivity index is 0.00000320. The highest BCUT2D eigenvalue weighted by atomic mass is 127. The summed E-state index contributed by atoms with van der Waals surface area (Å²) >= 11 is 1.80. The zero-order valence-corrected chi connectivity index (χ0v) is 21.6. The standard InChI is InChI=1S/C20H31N5O2S2.HI/c1-3-21-20(23-8-13-29(26,27)25-9-11-28-12-10-25)22-7-6-17-15-24-19-14-16(2)4-5-18(17)19;/h4-5,14-15,24H,3,6-13H2,1-2H3,(H2,21,22,23);1H. The van der Waals surface area contributed by atoms with Crippen LogP contribution in [0.15, 0.2) is 29.4 Å². The summed E-state index contributed by atoms with van der Waals surface area (Å²) in [6.07, 6.45) is 2.91. The Morgan fingerprint density at radius 1 is 1.27 bits per heavy atom. The monoisotopic (exact) mass is 565 g/mol. The first-order chi connectivity index (χ1) is 14.0. The average molecular weight is 566 g/mol. The normalized spacial score (nSPS) is 15.7. The van der Waals surface area contributed by atoms with Crippen molar-refractivity contribution in [2.75, 3.05) is 50.0 Å². The van der Waals surface area contributed by atoms with Gasteiger partial charge in [0.15, 0.2) is 5.96 Å². The van der Waals surface area contributed by atoms with Gasteiger partial charge in [-0.05, 0) is 37.5 Å². The van der Waals surface area contributed by atoms with E-state index in [1.54, 1.807) is 16.1 Å². The topological polar surface area (TPSA) is 89.6 Å². The lowest BCUT2D eigenvalue weighted by Crippen LogP contribution is -2.41. The molecule has 0 unspecified atom stereocenters. The zero-order chi connectivity index (χ0) is 20.7. The molecule has 2 heterocycles. The molecule has 168 valence electrons. The molecule has 3 N–H and O–H groups in total. The van der Waals surface area contributed by atoms with E-state index in [9.17, 15) is 8.42 Å². The molecule has 0 saturated carbocycles. The third-order valence-corrected chi connectivity index (χ3v) is 7.73. The summed E-state index contributed by atoms with van der Waals surface area (Å²) in [7, 11) is -3.22. The molecule has 1 fully saturated rings. The maximum Gasteiger partial charge on any atom is 0.215 e. The van der Waals surface area contributed by atoms with Crippen molar-refractivity contribution in [2.24, 2.45) is 4.99 Å². The zero-order valence-electron chi connectivity index (χ0n) is 17.6. The Labute approximate surface area is 200 Å². The minimum Gasteiger partial charge on any atom is -0.361 e. The maximum absolute atomic E-state index is 12.4. The molecule has 0 radical (unpaired) electrons. The maximum atomic E-state index is 12.4. The molecular weight excluding hydrogens is 533 g/mol. The summed E-state index contributed by atoms with van der Waals surface area (Å²) in [6.45, 7) is 7.02. The molecule has 0 amide bonds. The Morgan fingerprint density at radius 3 is 2.77 bits per heavy atom. The van der Waals surface area contributed by atoms with E-state index in [-0.39, 0.29) is 36.3 Å². The minimum atomic E-state index is -3.22. The smallest absolute Gasteiger partial charge is 0.215 e. The van der Waals surface area contributed by atoms with Gasteiger partial charge in [-0.2, -0.15) is 11.8 Å². The third kappa shape index (κ3) is 7.03. The number of nitrogens with one attached hydrogen (secondary N) is 3. The van der Waals surface area contributed by atoms with E-state index in [4.69, 9.17) is 0 Å². The molecule has 1 aliphatic rings. The van der Waals surface area contributed by atoms with Crippen LogP contribution in [-0.2, 0) is 16.4 Å². The Bertz CT molecular complexity index is 940. The van der Waals surface area contributed by atoms with Gasteiger partial charge in [0.25, 0.3) is 0 Å². The first-order valence-electron chi connectivity index (χ1n) is 10.1. The predicted molar refractivity (Wildman–Crippen MR) is 139 cm³/mol. The SMILES string of the molecule is CCNC(=NCCS(=O)(=O)N1CCSCC1)NCCc1c[nH]c2cc(C)ccc12.I. The summed E-state index contributed by atoms with van der Waals surface area (Å²) < 4.78 is 26.5. The molecule has 1 saturated heterocycles. The molecule has 1 aliphatic heterocycles. The van der Waals surface area contributed by atoms with Gasteiger partial charge >= 0.3 is 0 Å². The van der Waals surface area contributed by atoms with Gasteiger partial charge in [0, 0.05) is 54.8 Å². The van der Waals surface area contributed by atoms with E-state index >= 15 is 0 Å². The van der Waals surface area contributed by atoms with Gasteiger partial charge in [-0.3, -0.25) is 4.99 Å². The molecule has 3 rings (SSSR count). The number of hydrogen-bond donors (Lipinski definition) is 3. The van der Waals surface area contributed by atoms with E-state index in [1.807, 2.05) is 6.92 Å². The fourth-order valence-electron chi connectivity index (χ4n) is 3.39. The first kappa shape index (κ1) is 25.3. The van der Waals surface area contributed by atoms with Gasteiger partial charge in [0.2, 0.25) is 10.0 Å². The Hall–Kier alpha value is -0.980. The molecule has 1 aromatic heterocycles. The third-order valence-electron chi connectivity index (χ3n) is 4.94. The molecule has 0 bridgehead atoms. The van der Waals surface area contributed by atoms with Crippen LogP contribution >= 0.6 is 35.7 Å². The second-order valence-corrected chi connectivity index (χ2v) is 10.4. The number of aliphatic imine (C=N–C) groups is 1. The van der Waals surface area contributed by atoms with Crippen molar-refractivity contribution in [3.05, 3.63) is 35.5 Å². The lowest BCUT2D eigenvalue weighted by atomic mass is 10.1. The van der Waals surface area contributed by atoms with Gasteiger partial charge in [-0.1, -0.05) is 12.1 Å². The van der Waals surface area contributed by atoms with Crippen LogP contribution in [0, 0.1) is 6.92 Å². The first-order valence-corrected chi connectivity index (χ1v) is 12.9. The van der Waals surface area contributed by atoms with E-state index in [0.717, 1.165) is 36.5 Å². The quantitative estimate of drug-likeness (QED) is 0.260. The second kappa shape index (κ2) is 12.2. The average Bonchev–Trinajstić information content (AvgIpc) is 3.10. The summed E-state index contributed by atoms with van der Waals surface area (Å²) in [4.78, 5) is 7.79. The molecule has 0 atom stereocenters. The van der Waals surface area contributed by atoms with Crippen LogP contribution in [0.1, 0.15) is 18.1 Å². The number of nitrogens with zero attached hydrogens (tertiary/aromatic N) is 2. The number of aryl methyl sites for hydroxylation is 1. The summed E-state index contributed by atoms with van der Waals surface area (Å²) in [5.41, 5.74) is 3.65. The van der Waals surface area contributed by atoms with Crippen molar-refractivity contribution < 1.29 is 8.42 Å². The molecule has 1 aromatic carbocycles. The van der Waals surface area contributed by atoms with Crippen LogP contribution in [0.5, 0.6) is 0 Å². The number of H-pyrrole nitrogens is 1. The predicted octanol–water partition coefficient (Wildman–Crippen LogP) is 2.57. The number of benzene rings is 1. The molecule has 0 spiro atoms. The number of guanidine groups is 1. The van der Waals surface area contributed by atoms with Crippen LogP contribution in [0.25, 0.3) is 10.9 Å². The Kier molecular flexibility index (Phi) is 10.2. The molecule has 7 nitrogen and oxygen atoms in total. The fraction of sp³-hybridized carbons (Fsp3) is 0.550. The molecule has 30 heavy (non-hydrogen) atoms. The number of aromatic amines is 1. The molecular formula is C20H32IN5O2S2. The van der Waals surface area contributed by atoms with Crippen LogP contribution < -0.4 is 10.6 Å². The number of fused-ring (bicyclic) bond motifs is 1. The van der Waals surface area contributed by atoms with Crippen LogP contribution in [0.3, 0.4) is 0 Å². The van der Waals surface area contributed by atoms with E-state index < -0.39 is 10.0 Å². The number of rotatable bonds is 8. The summed E-state index contributed by atoms with van der Waals surface area (Å²) in [5, 5.41) is 7.75. The fourth-order valence-corrected chi connectivity index (χ4v) is 5.84. The second-order valence-electron chi connectivity index (χ2n) is 7.13. The van der Waals surface area contributed by atoms with Crippen molar-refractivity contribution in [3.63, 3.8) is 0 Å². The summed E-state index contributed by atoms with van der Waals surface area (Å²) in [5.74, 6) is 2.46. The van der Waals surface area contributed by atoms with Gasteiger partial charge in [-0.25, -0.2) is 12.7 Å². The number of sulfonamides is 1. The van der Waals surface area contributed by atoms with Gasteiger partial charge < -0.3 is 15.6 Å². The van der Waals surface area contributed by atoms with Crippen LogP contribution in [-0.4, -0.2) is 73.6 Å². The lowest BCUT2D eigenvalue weighted by Gasteiger charge is -2.25. The molecule has 10 heteroatoms. The summed E-state index contributed by atoms with van der Waals surface area (Å²) in [6, 6.07) is 6.43.